The number of hydrogen-bond donors (Lipinski definition) is 1. The summed E-state index contributed by atoms with van der Waals surface area (Å²) in [4.78, 5) is 27.9. The van der Waals surface area contributed by atoms with Crippen LogP contribution in [-0.2, 0) is 22.6 Å². The maximum absolute atomic E-state index is 12.2. The fraction of sp³-hybridized carbons (Fsp3) is 0.353. The number of nitrogens with one attached hydrogen (secondary N) is 1. The molecule has 0 saturated carbocycles. The first-order valence-corrected chi connectivity index (χ1v) is 8.55. The van der Waals surface area contributed by atoms with Gasteiger partial charge in [0.25, 0.3) is 0 Å². The number of aryl methyl sites for hydroxylation is 1. The number of ether oxygens (including phenoxy) is 1. The summed E-state index contributed by atoms with van der Waals surface area (Å²) in [5, 5.41) is 3.49. The van der Waals surface area contributed by atoms with Crippen LogP contribution in [0.25, 0.3) is 0 Å². The Morgan fingerprint density at radius 2 is 2.04 bits per heavy atom. The van der Waals surface area contributed by atoms with Crippen molar-refractivity contribution >= 4 is 23.6 Å². The zero-order valence-corrected chi connectivity index (χ0v) is 14.8. The van der Waals surface area contributed by atoms with E-state index in [2.05, 4.69) is 15.0 Å². The highest BCUT2D eigenvalue weighted by atomic mass is 32.2. The van der Waals surface area contributed by atoms with E-state index in [4.69, 9.17) is 0 Å². The lowest BCUT2D eigenvalue weighted by Gasteiger charge is -2.12. The Balaban J connectivity index is 1.87. The lowest BCUT2D eigenvalue weighted by Crippen LogP contribution is -2.30. The van der Waals surface area contributed by atoms with Crippen molar-refractivity contribution in [2.75, 3.05) is 7.11 Å². The molecule has 0 aliphatic heterocycles. The third-order valence-electron chi connectivity index (χ3n) is 3.51. The molecule has 0 fully saturated rings. The number of methoxy groups -OCH3 is 1. The van der Waals surface area contributed by atoms with Crippen LogP contribution in [0.1, 0.15) is 29.8 Å². The number of rotatable bonds is 7. The van der Waals surface area contributed by atoms with Crippen molar-refractivity contribution in [1.82, 2.24) is 14.9 Å². The van der Waals surface area contributed by atoms with E-state index in [9.17, 15) is 9.59 Å². The highest BCUT2D eigenvalue weighted by Crippen LogP contribution is 2.21. The number of carbonyl (C=O) groups excluding carboxylic acids is 2. The zero-order valence-electron chi connectivity index (χ0n) is 14.0. The lowest BCUT2D eigenvalue weighted by molar-refractivity contribution is -0.120. The van der Waals surface area contributed by atoms with Gasteiger partial charge in [0.15, 0.2) is 5.16 Å². The first-order valence-electron chi connectivity index (χ1n) is 7.68. The number of hydrogen-bond acceptors (Lipinski definition) is 5. The highest BCUT2D eigenvalue weighted by molar-refractivity contribution is 8.00. The number of carbonyl (C=O) groups is 2. The molecule has 0 bridgehead atoms. The number of aromatic nitrogens is 2. The Labute approximate surface area is 145 Å². The second-order valence-corrected chi connectivity index (χ2v) is 6.47. The Kier molecular flexibility index (Phi) is 6.43. The molecule has 2 rings (SSSR count). The summed E-state index contributed by atoms with van der Waals surface area (Å²) in [6, 6.07) is 6.97. The first kappa shape index (κ1) is 18.1. The number of amides is 1. The van der Waals surface area contributed by atoms with E-state index >= 15 is 0 Å². The summed E-state index contributed by atoms with van der Waals surface area (Å²) in [5.41, 5.74) is 1.41. The average molecular weight is 347 g/mol. The highest BCUT2D eigenvalue weighted by Gasteiger charge is 2.16. The van der Waals surface area contributed by atoms with Crippen LogP contribution in [0.2, 0.25) is 0 Å². The topological polar surface area (TPSA) is 73.2 Å². The molecule has 0 radical (unpaired) electrons. The Hall–Kier alpha value is -2.28. The van der Waals surface area contributed by atoms with Crippen molar-refractivity contribution in [3.05, 3.63) is 47.8 Å². The van der Waals surface area contributed by atoms with Gasteiger partial charge in [0.05, 0.1) is 17.9 Å². The van der Waals surface area contributed by atoms with Crippen LogP contribution in [-0.4, -0.2) is 33.8 Å². The van der Waals surface area contributed by atoms with E-state index in [1.54, 1.807) is 30.5 Å². The fourth-order valence-corrected chi connectivity index (χ4v) is 3.03. The van der Waals surface area contributed by atoms with Crippen LogP contribution >= 0.6 is 11.8 Å². The molecule has 0 saturated heterocycles. The summed E-state index contributed by atoms with van der Waals surface area (Å²) in [7, 11) is 1.35. The van der Waals surface area contributed by atoms with Gasteiger partial charge in [-0.25, -0.2) is 9.78 Å². The van der Waals surface area contributed by atoms with E-state index < -0.39 is 0 Å². The molecule has 7 heteroatoms. The summed E-state index contributed by atoms with van der Waals surface area (Å²) < 4.78 is 6.66. The molecular weight excluding hydrogens is 326 g/mol. The summed E-state index contributed by atoms with van der Waals surface area (Å²) in [5.74, 6) is -0.426. The van der Waals surface area contributed by atoms with Crippen molar-refractivity contribution in [2.24, 2.45) is 0 Å². The molecule has 1 atom stereocenters. The van der Waals surface area contributed by atoms with E-state index in [0.29, 0.717) is 12.1 Å². The summed E-state index contributed by atoms with van der Waals surface area (Å²) >= 11 is 1.43. The quantitative estimate of drug-likeness (QED) is 0.615. The van der Waals surface area contributed by atoms with Gasteiger partial charge in [-0.2, -0.15) is 0 Å². The smallest absolute Gasteiger partial charge is 0.337 e. The summed E-state index contributed by atoms with van der Waals surface area (Å²) in [6.07, 6.45) is 3.63. The Morgan fingerprint density at radius 1 is 1.33 bits per heavy atom. The van der Waals surface area contributed by atoms with Crippen molar-refractivity contribution in [2.45, 2.75) is 37.3 Å². The van der Waals surface area contributed by atoms with Crippen molar-refractivity contribution < 1.29 is 14.3 Å². The molecule has 1 aromatic carbocycles. The van der Waals surface area contributed by atoms with E-state index in [1.165, 1.54) is 18.9 Å². The number of nitrogens with zero attached hydrogens (tertiary/aromatic N) is 2. The minimum Gasteiger partial charge on any atom is -0.465 e. The van der Waals surface area contributed by atoms with Gasteiger partial charge in [0.1, 0.15) is 0 Å². The third kappa shape index (κ3) is 4.61. The van der Waals surface area contributed by atoms with Crippen LogP contribution in [0.15, 0.2) is 41.8 Å². The molecule has 24 heavy (non-hydrogen) atoms. The van der Waals surface area contributed by atoms with Crippen LogP contribution < -0.4 is 5.32 Å². The Morgan fingerprint density at radius 3 is 2.67 bits per heavy atom. The molecule has 128 valence electrons. The predicted octanol–water partition coefficient (Wildman–Crippen LogP) is 2.49. The van der Waals surface area contributed by atoms with Crippen LogP contribution in [0.4, 0.5) is 0 Å². The largest absolute Gasteiger partial charge is 0.465 e. The lowest BCUT2D eigenvalue weighted by atomic mass is 10.1. The monoisotopic (exact) mass is 347 g/mol. The molecule has 1 amide bonds. The van der Waals surface area contributed by atoms with E-state index in [-0.39, 0.29) is 17.1 Å². The molecule has 6 nitrogen and oxygen atoms in total. The molecule has 1 heterocycles. The van der Waals surface area contributed by atoms with Gasteiger partial charge in [-0.1, -0.05) is 23.9 Å². The normalized spacial score (nSPS) is 11.8. The maximum atomic E-state index is 12.2. The summed E-state index contributed by atoms with van der Waals surface area (Å²) in [6.45, 7) is 5.13. The van der Waals surface area contributed by atoms with Crippen LogP contribution in [0.3, 0.4) is 0 Å². The molecule has 0 spiro atoms. The van der Waals surface area contributed by atoms with Gasteiger partial charge in [-0.15, -0.1) is 0 Å². The zero-order chi connectivity index (χ0) is 17.5. The molecular formula is C17H21N3O3S. The maximum Gasteiger partial charge on any atom is 0.337 e. The second kappa shape index (κ2) is 8.54. The molecule has 0 aliphatic carbocycles. The standard InChI is InChI=1S/C17H21N3O3S/c1-4-20-10-9-18-17(20)24-12(2)15(21)19-11-13-5-7-14(8-6-13)16(22)23-3/h5-10,12H,4,11H2,1-3H3,(H,19,21)/t12-/m0/s1. The van der Waals surface area contributed by atoms with Crippen molar-refractivity contribution in [1.29, 1.82) is 0 Å². The van der Waals surface area contributed by atoms with Gasteiger partial charge < -0.3 is 14.6 Å². The van der Waals surface area contributed by atoms with Gasteiger partial charge >= 0.3 is 5.97 Å². The van der Waals surface area contributed by atoms with E-state index in [0.717, 1.165) is 17.3 Å². The number of imidazole rings is 1. The van der Waals surface area contributed by atoms with E-state index in [1.807, 2.05) is 24.6 Å². The number of benzene rings is 1. The third-order valence-corrected chi connectivity index (χ3v) is 4.63. The van der Waals surface area contributed by atoms with Crippen LogP contribution in [0.5, 0.6) is 0 Å². The fourth-order valence-electron chi connectivity index (χ4n) is 2.08. The van der Waals surface area contributed by atoms with Crippen molar-refractivity contribution in [3.63, 3.8) is 0 Å². The Bertz CT molecular complexity index is 697. The molecule has 2 aromatic rings. The minimum absolute atomic E-state index is 0.0531. The minimum atomic E-state index is -0.373. The molecule has 0 aliphatic rings. The molecule has 1 N–H and O–H groups in total. The molecule has 0 unspecified atom stereocenters. The van der Waals surface area contributed by atoms with Gasteiger partial charge in [0, 0.05) is 25.5 Å². The average Bonchev–Trinajstić information content (AvgIpc) is 3.06. The number of thioether (sulfide) groups is 1. The van der Waals surface area contributed by atoms with Gasteiger partial charge in [-0.3, -0.25) is 4.79 Å². The SMILES string of the molecule is CCn1ccnc1S[C@@H](C)C(=O)NCc1ccc(C(=O)OC)cc1. The first-order chi connectivity index (χ1) is 11.5. The van der Waals surface area contributed by atoms with Crippen LogP contribution in [0, 0.1) is 0 Å². The van der Waals surface area contributed by atoms with Gasteiger partial charge in [-0.05, 0) is 31.5 Å². The molecule has 1 aromatic heterocycles. The second-order valence-electron chi connectivity index (χ2n) is 5.16. The van der Waals surface area contributed by atoms with Gasteiger partial charge in [0.2, 0.25) is 5.91 Å². The number of esters is 1. The predicted molar refractivity (Wildman–Crippen MR) is 92.8 cm³/mol. The van der Waals surface area contributed by atoms with Crippen molar-refractivity contribution in [3.8, 4) is 0 Å².